The average Bonchev–Trinajstić information content (AvgIpc) is 2.07. The third kappa shape index (κ3) is 2.43. The normalized spacial score (nSPS) is 11.8. The molecule has 0 saturated heterocycles. The monoisotopic (exact) mass is 207 g/mol. The minimum atomic E-state index is -4.53. The molecule has 0 N–H and O–H groups in total. The van der Waals surface area contributed by atoms with E-state index < -0.39 is 17.6 Å². The van der Waals surface area contributed by atoms with Gasteiger partial charge in [0.1, 0.15) is 5.82 Å². The number of hydrogen-bond donors (Lipinski definition) is 0. The average molecular weight is 207 g/mol. The molecule has 0 amide bonds. The molecule has 14 heavy (non-hydrogen) atoms. The smallest absolute Gasteiger partial charge is 0.258 e. The second kappa shape index (κ2) is 3.94. The SMILES string of the molecule is CCCc1ncc(F)cc1C(F)(F)F. The van der Waals surface area contributed by atoms with Gasteiger partial charge in [0.25, 0.3) is 0 Å². The van der Waals surface area contributed by atoms with Crippen LogP contribution in [0, 0.1) is 5.82 Å². The zero-order chi connectivity index (χ0) is 10.8. The minimum Gasteiger partial charge on any atom is -0.258 e. The highest BCUT2D eigenvalue weighted by atomic mass is 19.4. The maximum Gasteiger partial charge on any atom is 0.418 e. The van der Waals surface area contributed by atoms with Crippen molar-refractivity contribution in [2.45, 2.75) is 25.9 Å². The van der Waals surface area contributed by atoms with Crippen LogP contribution in [0.1, 0.15) is 24.6 Å². The molecule has 0 aliphatic rings. The van der Waals surface area contributed by atoms with Gasteiger partial charge < -0.3 is 0 Å². The van der Waals surface area contributed by atoms with Gasteiger partial charge in [-0.05, 0) is 12.5 Å². The predicted molar refractivity (Wildman–Crippen MR) is 43.2 cm³/mol. The van der Waals surface area contributed by atoms with Gasteiger partial charge >= 0.3 is 6.18 Å². The van der Waals surface area contributed by atoms with E-state index in [4.69, 9.17) is 0 Å². The Balaban J connectivity index is 3.16. The maximum atomic E-state index is 12.6. The first-order valence-corrected chi connectivity index (χ1v) is 4.16. The molecule has 0 radical (unpaired) electrons. The van der Waals surface area contributed by atoms with Crippen molar-refractivity contribution in [2.24, 2.45) is 0 Å². The lowest BCUT2D eigenvalue weighted by molar-refractivity contribution is -0.138. The molecule has 1 rings (SSSR count). The van der Waals surface area contributed by atoms with Crippen molar-refractivity contribution in [3.63, 3.8) is 0 Å². The fraction of sp³-hybridized carbons (Fsp3) is 0.444. The van der Waals surface area contributed by atoms with Gasteiger partial charge in [-0.1, -0.05) is 13.3 Å². The van der Waals surface area contributed by atoms with Gasteiger partial charge in [-0.3, -0.25) is 4.98 Å². The molecule has 1 heterocycles. The van der Waals surface area contributed by atoms with E-state index in [1.54, 1.807) is 6.92 Å². The molecule has 0 atom stereocenters. The highest BCUT2D eigenvalue weighted by Gasteiger charge is 2.34. The van der Waals surface area contributed by atoms with Crippen LogP contribution >= 0.6 is 0 Å². The van der Waals surface area contributed by atoms with Gasteiger partial charge in [0.05, 0.1) is 17.5 Å². The molecular formula is C9H9F4N. The Morgan fingerprint density at radius 2 is 2.00 bits per heavy atom. The van der Waals surface area contributed by atoms with Gasteiger partial charge in [-0.25, -0.2) is 4.39 Å². The fourth-order valence-corrected chi connectivity index (χ4v) is 1.15. The van der Waals surface area contributed by atoms with Gasteiger partial charge in [0, 0.05) is 0 Å². The van der Waals surface area contributed by atoms with Crippen LogP contribution in [0.15, 0.2) is 12.3 Å². The van der Waals surface area contributed by atoms with Crippen molar-refractivity contribution in [2.75, 3.05) is 0 Å². The second-order valence-electron chi connectivity index (χ2n) is 2.90. The highest BCUT2D eigenvalue weighted by Crippen LogP contribution is 2.31. The van der Waals surface area contributed by atoms with Crippen LogP contribution in [0.2, 0.25) is 0 Å². The van der Waals surface area contributed by atoms with Crippen LogP contribution in [0.25, 0.3) is 0 Å². The van der Waals surface area contributed by atoms with Crippen LogP contribution < -0.4 is 0 Å². The summed E-state index contributed by atoms with van der Waals surface area (Å²) < 4.78 is 49.6. The predicted octanol–water partition coefficient (Wildman–Crippen LogP) is 3.19. The molecule has 0 spiro atoms. The fourth-order valence-electron chi connectivity index (χ4n) is 1.15. The Bertz CT molecular complexity index is 319. The number of halogens is 4. The van der Waals surface area contributed by atoms with Gasteiger partial charge in [-0.2, -0.15) is 13.2 Å². The second-order valence-corrected chi connectivity index (χ2v) is 2.90. The number of aromatic nitrogens is 1. The van der Waals surface area contributed by atoms with E-state index in [1.165, 1.54) is 0 Å². The molecule has 0 aliphatic heterocycles. The Morgan fingerprint density at radius 1 is 1.36 bits per heavy atom. The Labute approximate surface area is 78.8 Å². The molecule has 1 aromatic heterocycles. The van der Waals surface area contributed by atoms with Crippen molar-refractivity contribution < 1.29 is 17.6 Å². The van der Waals surface area contributed by atoms with Crippen molar-refractivity contribution >= 4 is 0 Å². The third-order valence-electron chi connectivity index (χ3n) is 1.73. The number of hydrogen-bond acceptors (Lipinski definition) is 1. The topological polar surface area (TPSA) is 12.9 Å². The first kappa shape index (κ1) is 10.9. The van der Waals surface area contributed by atoms with Crippen molar-refractivity contribution in [1.82, 2.24) is 4.98 Å². The molecule has 0 aromatic carbocycles. The quantitative estimate of drug-likeness (QED) is 0.678. The molecule has 0 fully saturated rings. The van der Waals surface area contributed by atoms with Crippen molar-refractivity contribution in [3.05, 3.63) is 29.3 Å². The van der Waals surface area contributed by atoms with E-state index in [9.17, 15) is 17.6 Å². The lowest BCUT2D eigenvalue weighted by Gasteiger charge is -2.10. The number of alkyl halides is 3. The summed E-state index contributed by atoms with van der Waals surface area (Å²) in [6.45, 7) is 1.74. The first-order chi connectivity index (χ1) is 6.45. The Hall–Kier alpha value is -1.13. The summed E-state index contributed by atoms with van der Waals surface area (Å²) in [5.74, 6) is -0.961. The molecule has 1 aromatic rings. The summed E-state index contributed by atoms with van der Waals surface area (Å²) in [5.41, 5.74) is -1.07. The zero-order valence-corrected chi connectivity index (χ0v) is 7.53. The maximum absolute atomic E-state index is 12.6. The number of pyridine rings is 1. The van der Waals surface area contributed by atoms with Crippen LogP contribution in [-0.4, -0.2) is 4.98 Å². The van der Waals surface area contributed by atoms with Gasteiger partial charge in [0.2, 0.25) is 0 Å². The minimum absolute atomic E-state index is 0.0959. The highest BCUT2D eigenvalue weighted by molar-refractivity contribution is 5.23. The number of rotatable bonds is 2. The lowest BCUT2D eigenvalue weighted by atomic mass is 10.1. The Kier molecular flexibility index (Phi) is 3.08. The van der Waals surface area contributed by atoms with Gasteiger partial charge in [0.15, 0.2) is 0 Å². The van der Waals surface area contributed by atoms with E-state index in [-0.39, 0.29) is 12.1 Å². The molecule has 5 heteroatoms. The van der Waals surface area contributed by atoms with Crippen molar-refractivity contribution in [3.8, 4) is 0 Å². The van der Waals surface area contributed by atoms with E-state index in [0.717, 1.165) is 6.20 Å². The summed E-state index contributed by atoms with van der Waals surface area (Å²) in [7, 11) is 0. The summed E-state index contributed by atoms with van der Waals surface area (Å²) in [6.07, 6.45) is -2.98. The van der Waals surface area contributed by atoms with Gasteiger partial charge in [-0.15, -0.1) is 0 Å². The standard InChI is InChI=1S/C9H9F4N/c1-2-3-8-7(9(11,12)13)4-6(10)5-14-8/h4-5H,2-3H2,1H3. The lowest BCUT2D eigenvalue weighted by Crippen LogP contribution is -2.11. The third-order valence-corrected chi connectivity index (χ3v) is 1.73. The first-order valence-electron chi connectivity index (χ1n) is 4.16. The number of aryl methyl sites for hydroxylation is 1. The van der Waals surface area contributed by atoms with Crippen LogP contribution in [0.4, 0.5) is 17.6 Å². The summed E-state index contributed by atoms with van der Waals surface area (Å²) >= 11 is 0. The van der Waals surface area contributed by atoms with E-state index in [2.05, 4.69) is 4.98 Å². The van der Waals surface area contributed by atoms with Crippen LogP contribution in [0.3, 0.4) is 0 Å². The van der Waals surface area contributed by atoms with Crippen LogP contribution in [-0.2, 0) is 12.6 Å². The summed E-state index contributed by atoms with van der Waals surface area (Å²) in [5, 5.41) is 0. The van der Waals surface area contributed by atoms with Crippen LogP contribution in [0.5, 0.6) is 0 Å². The van der Waals surface area contributed by atoms with E-state index in [1.807, 2.05) is 0 Å². The molecule has 1 nitrogen and oxygen atoms in total. The molecule has 0 unspecified atom stereocenters. The zero-order valence-electron chi connectivity index (χ0n) is 7.53. The Morgan fingerprint density at radius 3 is 2.50 bits per heavy atom. The van der Waals surface area contributed by atoms with Crippen molar-refractivity contribution in [1.29, 1.82) is 0 Å². The largest absolute Gasteiger partial charge is 0.418 e. The number of nitrogens with zero attached hydrogens (tertiary/aromatic N) is 1. The molecule has 0 bridgehead atoms. The van der Waals surface area contributed by atoms with E-state index >= 15 is 0 Å². The molecular weight excluding hydrogens is 198 g/mol. The molecule has 0 saturated carbocycles. The molecule has 78 valence electrons. The molecule has 0 aliphatic carbocycles. The summed E-state index contributed by atoms with van der Waals surface area (Å²) in [4.78, 5) is 3.44. The van der Waals surface area contributed by atoms with E-state index in [0.29, 0.717) is 12.5 Å². The summed E-state index contributed by atoms with van der Waals surface area (Å²) in [6, 6.07) is 0.484.